The van der Waals surface area contributed by atoms with E-state index in [0.29, 0.717) is 0 Å². The minimum atomic E-state index is 0. The molecule has 0 aromatic rings. The third-order valence-corrected chi connectivity index (χ3v) is 0. The molecule has 0 bridgehead atoms. The Bertz CT molecular complexity index is 8.00. The van der Waals surface area contributed by atoms with Crippen molar-refractivity contribution in [2.24, 2.45) is 0 Å². The maximum absolute atomic E-state index is 0. The van der Waals surface area contributed by atoms with E-state index in [1.165, 1.54) is 0 Å². The minimum Gasteiger partial charge on any atom is 0 e. The van der Waals surface area contributed by atoms with Crippen LogP contribution in [0.15, 0.2) is 0 Å². The fourth-order valence-electron chi connectivity index (χ4n) is 0. The molecule has 0 N–H and O–H groups in total. The van der Waals surface area contributed by atoms with E-state index in [0.717, 1.165) is 0 Å². The first kappa shape index (κ1) is 33.8. The molecule has 0 heterocycles. The van der Waals surface area contributed by atoms with Crippen LogP contribution in [0.3, 0.4) is 0 Å². The van der Waals surface area contributed by atoms with E-state index < -0.39 is 0 Å². The van der Waals surface area contributed by atoms with E-state index in [-0.39, 0.29) is 72.8 Å². The quantitative estimate of drug-likeness (QED) is 0.372. The molecule has 0 unspecified atom stereocenters. The fourth-order valence-corrected chi connectivity index (χ4v) is 0. The van der Waals surface area contributed by atoms with Crippen molar-refractivity contribution >= 4 is 36.2 Å². The first-order valence-corrected chi connectivity index (χ1v) is 0. The van der Waals surface area contributed by atoms with Crippen molar-refractivity contribution in [3.8, 4) is 0 Å². The van der Waals surface area contributed by atoms with Gasteiger partial charge in [0.05, 0.1) is 0 Å². The van der Waals surface area contributed by atoms with E-state index >= 15 is 0 Å². The van der Waals surface area contributed by atoms with Crippen LogP contribution in [0.4, 0.5) is 0 Å². The first-order chi connectivity index (χ1) is 0. The van der Waals surface area contributed by atoms with Gasteiger partial charge in [-0.2, -0.15) is 0 Å². The summed E-state index contributed by atoms with van der Waals surface area (Å²) in [5.74, 6) is 0. The molecule has 0 saturated carbocycles. The van der Waals surface area contributed by atoms with Crippen molar-refractivity contribution in [3.63, 3.8) is 0 Å². The average Bonchev–Trinajstić information content (AvgIpc) is 0. The molecule has 0 aliphatic heterocycles. The molecule has 0 aliphatic carbocycles. The second-order valence-electron chi connectivity index (χ2n) is 0. The van der Waals surface area contributed by atoms with Crippen LogP contribution in [-0.2, 0) is 36.5 Å². The summed E-state index contributed by atoms with van der Waals surface area (Å²) in [6.45, 7) is 0. The van der Waals surface area contributed by atoms with Crippen molar-refractivity contribution < 1.29 is 36.5 Å². The van der Waals surface area contributed by atoms with Crippen LogP contribution in [0.1, 0.15) is 0 Å². The predicted molar refractivity (Wildman–Crippen MR) is 17.1 cm³/mol. The van der Waals surface area contributed by atoms with Crippen molar-refractivity contribution in [1.82, 2.24) is 0 Å². The van der Waals surface area contributed by atoms with Gasteiger partial charge in [0.25, 0.3) is 0 Å². The summed E-state index contributed by atoms with van der Waals surface area (Å²) in [4.78, 5) is 0. The van der Waals surface area contributed by atoms with E-state index in [1.54, 1.807) is 0 Å². The monoisotopic (exact) mass is 165 g/mol. The van der Waals surface area contributed by atoms with E-state index in [1.807, 2.05) is 0 Å². The second kappa shape index (κ2) is 18.6. The van der Waals surface area contributed by atoms with Crippen LogP contribution in [0.25, 0.3) is 0 Å². The summed E-state index contributed by atoms with van der Waals surface area (Å²) >= 11 is 0. The number of hydrogen-bond acceptors (Lipinski definition) is 0. The van der Waals surface area contributed by atoms with Crippen LogP contribution in [0.5, 0.6) is 0 Å². The topological polar surface area (TPSA) is 0 Å². The molecule has 0 aliphatic rings. The van der Waals surface area contributed by atoms with Gasteiger partial charge in [-0.1, -0.05) is 0 Å². The van der Waals surface area contributed by atoms with Crippen molar-refractivity contribution in [1.29, 1.82) is 0 Å². The Balaban J connectivity index is 0. The van der Waals surface area contributed by atoms with Crippen LogP contribution in [-0.4, -0.2) is 36.2 Å². The van der Waals surface area contributed by atoms with Crippen molar-refractivity contribution in [3.05, 3.63) is 0 Å². The van der Waals surface area contributed by atoms with Gasteiger partial charge in [0, 0.05) is 36.5 Å². The zero-order chi connectivity index (χ0) is 0. The summed E-state index contributed by atoms with van der Waals surface area (Å²) in [6.07, 6.45) is 0. The van der Waals surface area contributed by atoms with E-state index in [4.69, 9.17) is 0 Å². The largest absolute Gasteiger partial charge is 0 e. The Hall–Kier alpha value is 2.27. The molecule has 0 amide bonds. The summed E-state index contributed by atoms with van der Waals surface area (Å²) < 4.78 is 0. The van der Waals surface area contributed by atoms with Gasteiger partial charge in [-0.3, -0.25) is 0 Å². The van der Waals surface area contributed by atoms with Gasteiger partial charge in [0.15, 0.2) is 17.4 Å². The van der Waals surface area contributed by atoms with Crippen LogP contribution in [0, 0.1) is 0 Å². The SMILES string of the molecule is [AlH3].[Cu].[LiH].[Zn]. The molecule has 21 valence electrons. The van der Waals surface area contributed by atoms with E-state index in [9.17, 15) is 0 Å². The van der Waals surface area contributed by atoms with Crippen LogP contribution < -0.4 is 0 Å². The summed E-state index contributed by atoms with van der Waals surface area (Å²) in [6, 6.07) is 0. The average molecular weight is 167 g/mol. The van der Waals surface area contributed by atoms with Gasteiger partial charge < -0.3 is 0 Å². The molecule has 0 atom stereocenters. The summed E-state index contributed by atoms with van der Waals surface area (Å²) in [5.41, 5.74) is 0. The molecular weight excluding hydrogens is 163 g/mol. The normalized spacial score (nSPS) is 0. The Morgan fingerprint density at radius 2 is 1.00 bits per heavy atom. The van der Waals surface area contributed by atoms with Gasteiger partial charge in [0.1, 0.15) is 0 Å². The van der Waals surface area contributed by atoms with Crippen LogP contribution in [0.2, 0.25) is 0 Å². The zero-order valence-corrected chi connectivity index (χ0v) is 4.92. The first-order valence-electron chi connectivity index (χ1n) is 0. The van der Waals surface area contributed by atoms with E-state index in [2.05, 4.69) is 0 Å². The van der Waals surface area contributed by atoms with Gasteiger partial charge >= 0.3 is 18.9 Å². The van der Waals surface area contributed by atoms with Gasteiger partial charge in [-0.05, 0) is 0 Å². The Labute approximate surface area is 72.0 Å². The molecule has 0 fully saturated rings. The van der Waals surface area contributed by atoms with Crippen molar-refractivity contribution in [2.75, 3.05) is 0 Å². The van der Waals surface area contributed by atoms with Gasteiger partial charge in [-0.15, -0.1) is 0 Å². The Morgan fingerprint density at radius 3 is 1.00 bits per heavy atom. The Kier molecular flexibility index (Phi) is 157. The molecule has 0 aromatic heterocycles. The summed E-state index contributed by atoms with van der Waals surface area (Å²) in [5, 5.41) is 0. The number of hydrogen-bond donors (Lipinski definition) is 0. The van der Waals surface area contributed by atoms with Gasteiger partial charge in [0.2, 0.25) is 0 Å². The third kappa shape index (κ3) is 8.86. The molecule has 0 saturated heterocycles. The maximum Gasteiger partial charge on any atom is 0 e. The molecule has 0 spiro atoms. The standard InChI is InChI=1S/Al.Cu.Li.Zn.4H. The Morgan fingerprint density at radius 1 is 1.00 bits per heavy atom. The molecule has 0 aromatic carbocycles. The second-order valence-corrected chi connectivity index (χ2v) is 0. The van der Waals surface area contributed by atoms with Crippen molar-refractivity contribution in [2.45, 2.75) is 0 Å². The molecule has 4 heavy (non-hydrogen) atoms. The number of rotatable bonds is 0. The molecule has 1 radical (unpaired) electrons. The molecule has 0 rings (SSSR count). The zero-order valence-electron chi connectivity index (χ0n) is 1.01. The van der Waals surface area contributed by atoms with Gasteiger partial charge in [-0.25, -0.2) is 0 Å². The third-order valence-electron chi connectivity index (χ3n) is 0. The molecular formula is H4AlCuLiZn. The predicted octanol–water partition coefficient (Wildman–Crippen LogP) is -1.84. The summed E-state index contributed by atoms with van der Waals surface area (Å²) in [7, 11) is 0. The van der Waals surface area contributed by atoms with Crippen LogP contribution >= 0.6 is 0 Å². The molecule has 4 heteroatoms. The minimum absolute atomic E-state index is 0. The maximum atomic E-state index is 0. The fraction of sp³-hybridized carbons (Fsp3) is 0. The molecule has 0 nitrogen and oxygen atoms in total. The smallest absolute Gasteiger partial charge is 0 e.